The molecule has 3 heteroatoms. The molecule has 0 aliphatic carbocycles. The molecule has 80 valence electrons. The van der Waals surface area contributed by atoms with Crippen LogP contribution in [0.4, 0.5) is 0 Å². The Bertz CT molecular complexity index is 380. The summed E-state index contributed by atoms with van der Waals surface area (Å²) in [6.45, 7) is 3.09. The number of benzene rings is 1. The van der Waals surface area contributed by atoms with Gasteiger partial charge in [-0.1, -0.05) is 15.9 Å². The molecule has 0 spiro atoms. The fourth-order valence-corrected chi connectivity index (χ4v) is 3.04. The molecule has 3 rings (SSSR count). The zero-order valence-electron chi connectivity index (χ0n) is 8.50. The maximum Gasteiger partial charge on any atom is 0.122 e. The molecule has 1 aromatic rings. The summed E-state index contributed by atoms with van der Waals surface area (Å²) in [6.07, 6.45) is 1.17. The highest BCUT2D eigenvalue weighted by atomic mass is 79.9. The highest BCUT2D eigenvalue weighted by molar-refractivity contribution is 9.10. The van der Waals surface area contributed by atoms with Crippen LogP contribution < -0.4 is 10.1 Å². The van der Waals surface area contributed by atoms with Crippen molar-refractivity contribution in [3.05, 3.63) is 28.2 Å². The lowest BCUT2D eigenvalue weighted by Gasteiger charge is -2.15. The van der Waals surface area contributed by atoms with E-state index < -0.39 is 0 Å². The van der Waals surface area contributed by atoms with Gasteiger partial charge in [0.25, 0.3) is 0 Å². The van der Waals surface area contributed by atoms with E-state index in [-0.39, 0.29) is 0 Å². The Morgan fingerprint density at radius 2 is 2.27 bits per heavy atom. The van der Waals surface area contributed by atoms with Gasteiger partial charge in [-0.05, 0) is 42.6 Å². The predicted molar refractivity (Wildman–Crippen MR) is 63.4 cm³/mol. The molecule has 0 radical (unpaired) electrons. The van der Waals surface area contributed by atoms with Crippen molar-refractivity contribution < 1.29 is 4.74 Å². The SMILES string of the molecule is Brc1ccc2c(c1)[C@H]1CNC[C@@H]1CCO2. The fourth-order valence-electron chi connectivity index (χ4n) is 2.66. The maximum absolute atomic E-state index is 5.79. The Balaban J connectivity index is 2.06. The van der Waals surface area contributed by atoms with Crippen LogP contribution in [0.3, 0.4) is 0 Å². The Labute approximate surface area is 98.1 Å². The second kappa shape index (κ2) is 3.80. The van der Waals surface area contributed by atoms with Crippen LogP contribution in [-0.4, -0.2) is 19.7 Å². The van der Waals surface area contributed by atoms with Crippen LogP contribution in [0.5, 0.6) is 5.75 Å². The molecule has 0 amide bonds. The molecule has 1 saturated heterocycles. The molecule has 2 nitrogen and oxygen atoms in total. The minimum absolute atomic E-state index is 0.639. The van der Waals surface area contributed by atoms with Gasteiger partial charge in [0, 0.05) is 16.9 Å². The molecule has 0 aromatic heterocycles. The van der Waals surface area contributed by atoms with Crippen molar-refractivity contribution in [1.82, 2.24) is 5.32 Å². The zero-order chi connectivity index (χ0) is 10.3. The van der Waals surface area contributed by atoms with Crippen LogP contribution in [0.25, 0.3) is 0 Å². The number of fused-ring (bicyclic) bond motifs is 3. The summed E-state index contributed by atoms with van der Waals surface area (Å²) in [6, 6.07) is 6.35. The number of rotatable bonds is 0. The van der Waals surface area contributed by atoms with E-state index in [1.54, 1.807) is 0 Å². The third-order valence-electron chi connectivity index (χ3n) is 3.46. The predicted octanol–water partition coefficient (Wildman–Crippen LogP) is 2.53. The summed E-state index contributed by atoms with van der Waals surface area (Å²) in [5, 5.41) is 3.48. The second-order valence-corrected chi connectivity index (χ2v) is 5.26. The number of hydrogen-bond donors (Lipinski definition) is 1. The Morgan fingerprint density at radius 1 is 1.33 bits per heavy atom. The molecule has 2 atom stereocenters. The van der Waals surface area contributed by atoms with Gasteiger partial charge in [-0.2, -0.15) is 0 Å². The van der Waals surface area contributed by atoms with Gasteiger partial charge in [0.15, 0.2) is 0 Å². The van der Waals surface area contributed by atoms with Crippen molar-refractivity contribution in [3.63, 3.8) is 0 Å². The van der Waals surface area contributed by atoms with Gasteiger partial charge < -0.3 is 10.1 Å². The van der Waals surface area contributed by atoms with Gasteiger partial charge in [-0.3, -0.25) is 0 Å². The summed E-state index contributed by atoms with van der Waals surface area (Å²) in [5.74, 6) is 2.47. The van der Waals surface area contributed by atoms with Crippen molar-refractivity contribution in [2.75, 3.05) is 19.7 Å². The first-order valence-electron chi connectivity index (χ1n) is 5.47. The van der Waals surface area contributed by atoms with Crippen LogP contribution in [-0.2, 0) is 0 Å². The Kier molecular flexibility index (Phi) is 2.45. The van der Waals surface area contributed by atoms with E-state index in [2.05, 4.69) is 39.4 Å². The van der Waals surface area contributed by atoms with Gasteiger partial charge in [-0.15, -0.1) is 0 Å². The lowest BCUT2D eigenvalue weighted by molar-refractivity contribution is 0.296. The van der Waals surface area contributed by atoms with Gasteiger partial charge >= 0.3 is 0 Å². The molecular weight excluding hydrogens is 254 g/mol. The van der Waals surface area contributed by atoms with Crippen LogP contribution in [0.1, 0.15) is 17.9 Å². The molecule has 2 heterocycles. The minimum Gasteiger partial charge on any atom is -0.493 e. The molecule has 2 aliphatic rings. The molecule has 0 saturated carbocycles. The van der Waals surface area contributed by atoms with Gasteiger partial charge in [-0.25, -0.2) is 0 Å². The first-order chi connectivity index (χ1) is 7.34. The molecule has 15 heavy (non-hydrogen) atoms. The number of nitrogens with one attached hydrogen (secondary N) is 1. The van der Waals surface area contributed by atoms with Crippen LogP contribution >= 0.6 is 15.9 Å². The number of ether oxygens (including phenoxy) is 1. The third-order valence-corrected chi connectivity index (χ3v) is 3.95. The Morgan fingerprint density at radius 3 is 3.20 bits per heavy atom. The molecule has 1 fully saturated rings. The van der Waals surface area contributed by atoms with Crippen molar-refractivity contribution >= 4 is 15.9 Å². The first kappa shape index (κ1) is 9.67. The molecule has 0 bridgehead atoms. The summed E-state index contributed by atoms with van der Waals surface area (Å²) in [4.78, 5) is 0. The summed E-state index contributed by atoms with van der Waals surface area (Å²) < 4.78 is 6.94. The van der Waals surface area contributed by atoms with Crippen molar-refractivity contribution in [1.29, 1.82) is 0 Å². The summed E-state index contributed by atoms with van der Waals surface area (Å²) in [7, 11) is 0. The van der Waals surface area contributed by atoms with Crippen molar-refractivity contribution in [2.45, 2.75) is 12.3 Å². The van der Waals surface area contributed by atoms with E-state index in [4.69, 9.17) is 4.74 Å². The lowest BCUT2D eigenvalue weighted by atomic mass is 9.87. The van der Waals surface area contributed by atoms with Gasteiger partial charge in [0.1, 0.15) is 5.75 Å². The fraction of sp³-hybridized carbons (Fsp3) is 0.500. The molecule has 2 aliphatic heterocycles. The lowest BCUT2D eigenvalue weighted by Crippen LogP contribution is -2.11. The topological polar surface area (TPSA) is 21.3 Å². The average Bonchev–Trinajstić information content (AvgIpc) is 2.62. The van der Waals surface area contributed by atoms with E-state index >= 15 is 0 Å². The third kappa shape index (κ3) is 1.68. The number of hydrogen-bond acceptors (Lipinski definition) is 2. The van der Waals surface area contributed by atoms with Crippen molar-refractivity contribution in [2.24, 2.45) is 5.92 Å². The highest BCUT2D eigenvalue weighted by Gasteiger charge is 2.32. The van der Waals surface area contributed by atoms with E-state index in [9.17, 15) is 0 Å². The first-order valence-corrected chi connectivity index (χ1v) is 6.27. The standard InChI is InChI=1S/C12H14BrNO/c13-9-1-2-12-10(5-9)11-7-14-6-8(11)3-4-15-12/h1-2,5,8,11,14H,3-4,6-7H2/t8-,11-/m0/s1. The van der Waals surface area contributed by atoms with E-state index in [0.29, 0.717) is 5.92 Å². The molecule has 1 N–H and O–H groups in total. The van der Waals surface area contributed by atoms with Gasteiger partial charge in [0.2, 0.25) is 0 Å². The second-order valence-electron chi connectivity index (χ2n) is 4.34. The number of halogens is 1. The minimum atomic E-state index is 0.639. The molecule has 1 aromatic carbocycles. The normalized spacial score (nSPS) is 28.9. The van der Waals surface area contributed by atoms with E-state index in [1.807, 2.05) is 0 Å². The van der Waals surface area contributed by atoms with E-state index in [0.717, 1.165) is 35.8 Å². The average molecular weight is 268 g/mol. The molecular formula is C12H14BrNO. The van der Waals surface area contributed by atoms with Crippen molar-refractivity contribution in [3.8, 4) is 5.75 Å². The molecule has 0 unspecified atom stereocenters. The van der Waals surface area contributed by atoms with Crippen LogP contribution in [0.15, 0.2) is 22.7 Å². The largest absolute Gasteiger partial charge is 0.493 e. The summed E-state index contributed by atoms with van der Waals surface area (Å²) in [5.41, 5.74) is 1.37. The highest BCUT2D eigenvalue weighted by Crippen LogP contribution is 2.39. The maximum atomic E-state index is 5.79. The van der Waals surface area contributed by atoms with Crippen LogP contribution in [0, 0.1) is 5.92 Å². The smallest absolute Gasteiger partial charge is 0.122 e. The van der Waals surface area contributed by atoms with Crippen LogP contribution in [0.2, 0.25) is 0 Å². The van der Waals surface area contributed by atoms with Gasteiger partial charge in [0.05, 0.1) is 6.61 Å². The summed E-state index contributed by atoms with van der Waals surface area (Å²) >= 11 is 3.54. The monoisotopic (exact) mass is 267 g/mol. The van der Waals surface area contributed by atoms with E-state index in [1.165, 1.54) is 12.0 Å². The quantitative estimate of drug-likeness (QED) is 0.780. The Hall–Kier alpha value is -0.540. The zero-order valence-corrected chi connectivity index (χ0v) is 10.1.